The zero-order chi connectivity index (χ0) is 82.8. The lowest BCUT2D eigenvalue weighted by molar-refractivity contribution is -0.203. The number of sulfonamides is 3. The van der Waals surface area contributed by atoms with Crippen molar-refractivity contribution in [2.45, 2.75) is 327 Å². The Balaban J connectivity index is 0.000000150. The van der Waals surface area contributed by atoms with Gasteiger partial charge in [0.2, 0.25) is 26.0 Å². The normalized spacial score (nSPS) is 43.3. The molecule has 1 amide bonds. The van der Waals surface area contributed by atoms with Crippen LogP contribution in [0.3, 0.4) is 0 Å². The molecule has 0 radical (unpaired) electrons. The summed E-state index contributed by atoms with van der Waals surface area (Å²) < 4.78 is 83.3. The van der Waals surface area contributed by atoms with Crippen molar-refractivity contribution in [3.8, 4) is 0 Å². The van der Waals surface area contributed by atoms with Gasteiger partial charge in [-0.1, -0.05) is 157 Å². The van der Waals surface area contributed by atoms with E-state index in [9.17, 15) is 60.7 Å². The molecule has 0 spiro atoms. The van der Waals surface area contributed by atoms with E-state index in [1.807, 2.05) is 12.1 Å². The third kappa shape index (κ3) is 16.9. The molecule has 115 heavy (non-hydrogen) atoms. The minimum atomic E-state index is -3.85. The molecular weight excluding hydrogens is 1500 g/mol. The van der Waals surface area contributed by atoms with Gasteiger partial charge < -0.3 is 30.6 Å². The van der Waals surface area contributed by atoms with E-state index in [-0.39, 0.29) is 86.3 Å². The second-order valence-electron chi connectivity index (χ2n) is 41.9. The van der Waals surface area contributed by atoms with E-state index in [0.717, 1.165) is 128 Å². The van der Waals surface area contributed by atoms with Crippen LogP contribution in [-0.2, 0) is 34.9 Å². The molecule has 0 aliphatic heterocycles. The molecular formula is C96H151N3O13S3. The number of hydrogen-bond donors (Lipinski definition) is 9. The molecule has 15 rings (SSSR count). The van der Waals surface area contributed by atoms with Gasteiger partial charge in [0, 0.05) is 19.5 Å². The van der Waals surface area contributed by atoms with Crippen LogP contribution in [0.1, 0.15) is 276 Å². The average molecular weight is 1650 g/mol. The van der Waals surface area contributed by atoms with Gasteiger partial charge in [0.1, 0.15) is 0 Å². The number of benzene rings is 3. The predicted molar refractivity (Wildman–Crippen MR) is 456 cm³/mol. The highest BCUT2D eigenvalue weighted by Crippen LogP contribution is 2.74. The Morgan fingerprint density at radius 1 is 0.365 bits per heavy atom. The van der Waals surface area contributed by atoms with E-state index in [1.54, 1.807) is 66.7 Å². The molecule has 646 valence electrons. The van der Waals surface area contributed by atoms with Gasteiger partial charge in [-0.15, -0.1) is 0 Å². The van der Waals surface area contributed by atoms with Crippen LogP contribution in [0.2, 0.25) is 0 Å². The Labute approximate surface area is 694 Å². The molecule has 16 nitrogen and oxygen atoms in total. The fourth-order valence-electron chi connectivity index (χ4n) is 31.2. The molecule has 33 atom stereocenters. The minimum absolute atomic E-state index is 0.106. The number of nitrogens with one attached hydrogen (secondary N) is 3. The molecule has 0 bridgehead atoms. The smallest absolute Gasteiger partial charge is 0.264 e. The summed E-state index contributed by atoms with van der Waals surface area (Å²) in [5.74, 6) is 9.11. The Hall–Kier alpha value is -3.34. The summed E-state index contributed by atoms with van der Waals surface area (Å²) in [6, 6.07) is 25.3. The molecule has 3 aromatic carbocycles. The molecule has 12 aliphatic carbocycles. The van der Waals surface area contributed by atoms with Crippen LogP contribution in [0.25, 0.3) is 0 Å². The highest BCUT2D eigenvalue weighted by Gasteiger charge is 2.69. The highest BCUT2D eigenvalue weighted by molar-refractivity contribution is 7.90. The van der Waals surface area contributed by atoms with Gasteiger partial charge >= 0.3 is 0 Å². The third-order valence-electron chi connectivity index (χ3n) is 36.9. The summed E-state index contributed by atoms with van der Waals surface area (Å²) in [6.07, 6.45) is 28.9. The summed E-state index contributed by atoms with van der Waals surface area (Å²) in [4.78, 5) is 13.4. The summed E-state index contributed by atoms with van der Waals surface area (Å²) in [6.45, 7) is 29.6. The number of carbonyl (C=O) groups excluding carboxylic acids is 1. The van der Waals surface area contributed by atoms with Crippen molar-refractivity contribution in [2.24, 2.45) is 157 Å². The molecule has 12 fully saturated rings. The van der Waals surface area contributed by atoms with Gasteiger partial charge in [-0.05, 0) is 360 Å². The number of aliphatic hydroxyl groups excluding tert-OH is 6. The maximum atomic E-state index is 12.7. The number of aliphatic hydroxyl groups is 6. The SMILES string of the molecule is CC[C@@H]1C2C[C@H](O)CCC2(C)[C@H]2CCC3(C)C([C@H](C)CCC(=O)NS(=O)(=O)c4ccccc4)CC[C@H]3[C@@H]2[C@@H]1O.CC[C@@H]1C2C[C@H](O)CCC2(C)[C@H]2CCC3(C)C([C@H](C)CCCNS(=O)(=O)c4ccccc4)CC[C@H]3[C@@H]2[C@@H]1O.CC[C@@H]1C2C[C@H](O)CCC2(C)[C@H]2CCC3(C)C([C@H](C)CCCNS(=O)(=O)c4ccccc4)CC[C@H]3[C@@H]2[C@@H]1O. The lowest BCUT2D eigenvalue weighted by atomic mass is 9.41. The van der Waals surface area contributed by atoms with Gasteiger partial charge in [-0.2, -0.15) is 0 Å². The first-order chi connectivity index (χ1) is 54.5. The highest BCUT2D eigenvalue weighted by atomic mass is 32.2. The standard InChI is InChI=1S/C32H49NO5S.2C32H51NO4S/c1-5-23-27-19-21(34)15-17-32(27,4)26-16-18-31(3)24(12-13-25(31)29(26)30(23)36)20(2)11-14-28(35)33-39(37,38)22-9-7-6-8-10-22;2*1-5-24-28-20-22(34)15-17-32(28,4)27-16-18-31(3)25(13-14-26(31)29(27)30(24)35)21(2)10-9-19-33-38(36,37)23-11-7-6-8-12-23/h6-10,20-21,23-27,29-30,34,36H,5,11-19H2,1-4H3,(H,33,35);2*6-8,11-12,21-22,24-30,33-35H,5,9-10,13-20H2,1-4H3/t20-,21-,23-,24?,25+,26+,27?,29+,30-,31?,32?;2*21-,22-,24-,25?,26+,27+,28?,29+,30-,31?,32?/m111/s1. The Bertz CT molecular complexity index is 3920. The number of amides is 1. The number of carbonyl (C=O) groups is 1. The fraction of sp³-hybridized carbons (Fsp3) is 0.802. The van der Waals surface area contributed by atoms with Gasteiger partial charge in [0.25, 0.3) is 10.0 Å². The van der Waals surface area contributed by atoms with Crippen LogP contribution in [0, 0.1) is 157 Å². The van der Waals surface area contributed by atoms with E-state index in [2.05, 4.69) is 97.3 Å². The Kier molecular flexibility index (Phi) is 27.6. The second-order valence-corrected chi connectivity index (χ2v) is 47.1. The zero-order valence-corrected chi connectivity index (χ0v) is 74.6. The van der Waals surface area contributed by atoms with Crippen LogP contribution >= 0.6 is 0 Å². The molecule has 3 aromatic rings. The number of hydrogen-bond acceptors (Lipinski definition) is 13. The number of rotatable bonds is 23. The van der Waals surface area contributed by atoms with Crippen molar-refractivity contribution in [3.63, 3.8) is 0 Å². The summed E-state index contributed by atoms with van der Waals surface area (Å²) in [5.41, 5.74) is 1.30. The van der Waals surface area contributed by atoms with Crippen molar-refractivity contribution in [3.05, 3.63) is 91.0 Å². The third-order valence-corrected chi connectivity index (χ3v) is 41.3. The molecule has 0 heterocycles. The average Bonchev–Trinajstić information content (AvgIpc) is 1.50. The Morgan fingerprint density at radius 3 is 0.930 bits per heavy atom. The van der Waals surface area contributed by atoms with Crippen molar-refractivity contribution in [1.82, 2.24) is 14.2 Å². The van der Waals surface area contributed by atoms with Crippen LogP contribution in [-0.4, -0.2) is 112 Å². The first-order valence-electron chi connectivity index (χ1n) is 46.3. The maximum Gasteiger partial charge on any atom is 0.264 e. The summed E-state index contributed by atoms with van der Waals surface area (Å²) >= 11 is 0. The van der Waals surface area contributed by atoms with E-state index in [4.69, 9.17) is 0 Å². The van der Waals surface area contributed by atoms with Gasteiger partial charge in [-0.25, -0.2) is 39.4 Å². The fourth-order valence-corrected chi connectivity index (χ4v) is 34.5. The molecule has 12 saturated carbocycles. The molecule has 19 heteroatoms. The minimum Gasteiger partial charge on any atom is -0.393 e. The predicted octanol–water partition coefficient (Wildman–Crippen LogP) is 17.6. The first-order valence-corrected chi connectivity index (χ1v) is 50.7. The van der Waals surface area contributed by atoms with Crippen LogP contribution < -0.4 is 14.2 Å². The number of fused-ring (bicyclic) bond motifs is 15. The second kappa shape index (κ2) is 35.5. The largest absolute Gasteiger partial charge is 0.393 e. The van der Waals surface area contributed by atoms with E-state index >= 15 is 0 Å². The van der Waals surface area contributed by atoms with E-state index in [1.165, 1.54) is 63.5 Å². The van der Waals surface area contributed by atoms with E-state index in [0.29, 0.717) is 148 Å². The molecule has 0 saturated heterocycles. The van der Waals surface area contributed by atoms with Gasteiger partial charge in [0.15, 0.2) is 0 Å². The maximum absolute atomic E-state index is 12.7. The van der Waals surface area contributed by atoms with Crippen molar-refractivity contribution in [2.75, 3.05) is 13.1 Å². The van der Waals surface area contributed by atoms with Crippen molar-refractivity contribution in [1.29, 1.82) is 0 Å². The van der Waals surface area contributed by atoms with Crippen LogP contribution in [0.5, 0.6) is 0 Å². The van der Waals surface area contributed by atoms with Gasteiger partial charge in [-0.3, -0.25) is 4.79 Å². The quantitative estimate of drug-likeness (QED) is 0.0400. The zero-order valence-electron chi connectivity index (χ0n) is 72.1. The lowest BCUT2D eigenvalue weighted by Gasteiger charge is -2.64. The summed E-state index contributed by atoms with van der Waals surface area (Å²) in [5, 5.41) is 67.2. The van der Waals surface area contributed by atoms with Crippen LogP contribution in [0.15, 0.2) is 106 Å². The van der Waals surface area contributed by atoms with Crippen molar-refractivity contribution < 1.29 is 60.7 Å². The monoisotopic (exact) mass is 1650 g/mol. The molecule has 9 N–H and O–H groups in total. The topological polar surface area (TPSA) is 277 Å². The first kappa shape index (κ1) is 89.4. The molecule has 0 aromatic heterocycles. The molecule has 12 aliphatic rings. The lowest BCUT2D eigenvalue weighted by Crippen LogP contribution is -2.62. The van der Waals surface area contributed by atoms with Gasteiger partial charge in [0.05, 0.1) is 51.3 Å². The van der Waals surface area contributed by atoms with Crippen molar-refractivity contribution >= 4 is 36.0 Å². The molecule has 12 unspecified atom stereocenters. The van der Waals surface area contributed by atoms with Crippen LogP contribution in [0.4, 0.5) is 0 Å². The summed E-state index contributed by atoms with van der Waals surface area (Å²) in [7, 11) is -10.7. The van der Waals surface area contributed by atoms with E-state index < -0.39 is 36.0 Å². The Morgan fingerprint density at radius 2 is 0.635 bits per heavy atom.